The molecule has 0 amide bonds. The van der Waals surface area contributed by atoms with Crippen LogP contribution in [-0.4, -0.2) is 31.0 Å². The van der Waals surface area contributed by atoms with Crippen molar-refractivity contribution in [1.29, 1.82) is 0 Å². The van der Waals surface area contributed by atoms with E-state index in [1.165, 1.54) is 0 Å². The molecule has 0 fully saturated rings. The number of ether oxygens (including phenoxy) is 1. The van der Waals surface area contributed by atoms with Gasteiger partial charge >= 0.3 is 18.1 Å². The Hall–Kier alpha value is -1.86. The van der Waals surface area contributed by atoms with E-state index in [1.807, 2.05) is 0 Å². The highest BCUT2D eigenvalue weighted by molar-refractivity contribution is 6.37. The number of nitrogens with zero attached hydrogens (tertiary/aromatic N) is 1. The lowest BCUT2D eigenvalue weighted by Crippen LogP contribution is -2.58. The molecular weight excluding hydrogens is 404 g/mol. The van der Waals surface area contributed by atoms with Crippen LogP contribution in [0.1, 0.15) is 5.56 Å². The van der Waals surface area contributed by atoms with Gasteiger partial charge in [0.25, 0.3) is 0 Å². The first kappa shape index (κ1) is 21.2. The second-order valence-corrected chi connectivity index (χ2v) is 5.14. The summed E-state index contributed by atoms with van der Waals surface area (Å²) in [5.74, 6) is -4.22. The van der Waals surface area contributed by atoms with Crippen LogP contribution >= 0.6 is 23.2 Å². The second-order valence-electron chi connectivity index (χ2n) is 4.32. The molecule has 0 aliphatic heterocycles. The molecule has 1 aromatic rings. The average molecular weight is 411 g/mol. The third kappa shape index (κ3) is 4.83. The Morgan fingerprint density at radius 1 is 1.12 bits per heavy atom. The maximum absolute atomic E-state index is 13.0. The van der Waals surface area contributed by atoms with Crippen LogP contribution in [0.25, 0.3) is 0 Å². The van der Waals surface area contributed by atoms with Crippen molar-refractivity contribution in [2.45, 2.75) is 18.1 Å². The van der Waals surface area contributed by atoms with Crippen LogP contribution < -0.4 is 10.2 Å². The molecule has 25 heavy (non-hydrogen) atoms. The predicted molar refractivity (Wildman–Crippen MR) is 77.5 cm³/mol. The SMILES string of the molecule is C#CCOc1c(Cl)cc(/C=N/NC(F)(F)C(F)(F)C(F)(F)F)cc1Cl. The van der Waals surface area contributed by atoms with Crippen molar-refractivity contribution in [2.75, 3.05) is 6.61 Å². The molecule has 1 N–H and O–H groups in total. The summed E-state index contributed by atoms with van der Waals surface area (Å²) in [6.45, 7) is -0.173. The van der Waals surface area contributed by atoms with Gasteiger partial charge in [0.2, 0.25) is 0 Å². The van der Waals surface area contributed by atoms with Gasteiger partial charge in [-0.05, 0) is 17.7 Å². The zero-order valence-electron chi connectivity index (χ0n) is 11.8. The van der Waals surface area contributed by atoms with Crippen LogP contribution in [0.2, 0.25) is 10.0 Å². The lowest BCUT2D eigenvalue weighted by atomic mass is 10.2. The summed E-state index contributed by atoms with van der Waals surface area (Å²) in [6.07, 6.45) is -0.978. The van der Waals surface area contributed by atoms with Crippen molar-refractivity contribution < 1.29 is 35.5 Å². The molecule has 0 spiro atoms. The number of alkyl halides is 7. The van der Waals surface area contributed by atoms with Gasteiger partial charge in [-0.1, -0.05) is 29.1 Å². The third-order valence-electron chi connectivity index (χ3n) is 2.49. The maximum Gasteiger partial charge on any atom is 0.462 e. The van der Waals surface area contributed by atoms with Crippen molar-refractivity contribution in [3.05, 3.63) is 27.7 Å². The van der Waals surface area contributed by atoms with Gasteiger partial charge in [-0.3, -0.25) is 0 Å². The van der Waals surface area contributed by atoms with Gasteiger partial charge in [0.05, 0.1) is 16.3 Å². The molecule has 3 nitrogen and oxygen atoms in total. The molecule has 0 saturated carbocycles. The highest BCUT2D eigenvalue weighted by atomic mass is 35.5. The fourth-order valence-electron chi connectivity index (χ4n) is 1.34. The van der Waals surface area contributed by atoms with Gasteiger partial charge in [-0.15, -0.1) is 6.42 Å². The van der Waals surface area contributed by atoms with Crippen molar-refractivity contribution >= 4 is 29.4 Å². The van der Waals surface area contributed by atoms with Gasteiger partial charge in [-0.2, -0.15) is 35.8 Å². The first-order chi connectivity index (χ1) is 11.3. The number of benzene rings is 1. The van der Waals surface area contributed by atoms with E-state index in [0.29, 0.717) is 11.6 Å². The summed E-state index contributed by atoms with van der Waals surface area (Å²) in [4.78, 5) is 0. The van der Waals surface area contributed by atoms with Crippen LogP contribution in [0.15, 0.2) is 17.2 Å². The molecule has 0 radical (unpaired) electrons. The Kier molecular flexibility index (Phi) is 6.42. The van der Waals surface area contributed by atoms with E-state index in [4.69, 9.17) is 34.4 Å². The summed E-state index contributed by atoms with van der Waals surface area (Å²) < 4.78 is 92.1. The molecule has 0 heterocycles. The lowest BCUT2D eigenvalue weighted by Gasteiger charge is -2.27. The Bertz CT molecular complexity index is 676. The second kappa shape index (κ2) is 7.58. The van der Waals surface area contributed by atoms with Crippen molar-refractivity contribution in [1.82, 2.24) is 5.43 Å². The fourth-order valence-corrected chi connectivity index (χ4v) is 1.95. The van der Waals surface area contributed by atoms with Gasteiger partial charge in [0, 0.05) is 0 Å². The maximum atomic E-state index is 13.0. The summed E-state index contributed by atoms with van der Waals surface area (Å²) in [5, 5.41) is 2.44. The molecule has 138 valence electrons. The van der Waals surface area contributed by atoms with Gasteiger partial charge < -0.3 is 4.74 Å². The Morgan fingerprint density at radius 2 is 1.64 bits per heavy atom. The van der Waals surface area contributed by atoms with Crippen LogP contribution in [0.3, 0.4) is 0 Å². The zero-order chi connectivity index (χ0) is 19.5. The number of halogens is 9. The number of hydrogen-bond donors (Lipinski definition) is 1. The minimum atomic E-state index is -6.47. The lowest BCUT2D eigenvalue weighted by molar-refractivity contribution is -0.361. The summed E-state index contributed by atoms with van der Waals surface area (Å²) in [6, 6.07) is -3.50. The first-order valence-corrected chi connectivity index (χ1v) is 6.77. The largest absolute Gasteiger partial charge is 0.478 e. The minimum absolute atomic E-state index is 0.0275. The van der Waals surface area contributed by atoms with E-state index in [9.17, 15) is 30.7 Å². The molecule has 1 rings (SSSR count). The van der Waals surface area contributed by atoms with E-state index in [-0.39, 0.29) is 28.0 Å². The van der Waals surface area contributed by atoms with E-state index in [0.717, 1.165) is 12.1 Å². The average Bonchev–Trinajstić information content (AvgIpc) is 2.45. The van der Waals surface area contributed by atoms with Gasteiger partial charge in [0.15, 0.2) is 5.75 Å². The number of hydrazone groups is 1. The fraction of sp³-hybridized carbons (Fsp3) is 0.308. The molecule has 0 aliphatic carbocycles. The van der Waals surface area contributed by atoms with E-state index in [2.05, 4.69) is 11.0 Å². The predicted octanol–water partition coefficient (Wildman–Crippen LogP) is 4.72. The van der Waals surface area contributed by atoms with Crippen molar-refractivity contribution in [2.24, 2.45) is 5.10 Å². The first-order valence-electron chi connectivity index (χ1n) is 6.01. The third-order valence-corrected chi connectivity index (χ3v) is 3.05. The minimum Gasteiger partial charge on any atom is -0.478 e. The molecule has 0 aliphatic rings. The monoisotopic (exact) mass is 410 g/mol. The summed E-state index contributed by atoms with van der Waals surface area (Å²) in [5.41, 5.74) is 0.383. The molecule has 0 saturated heterocycles. The highest BCUT2D eigenvalue weighted by Gasteiger charge is 2.73. The topological polar surface area (TPSA) is 33.6 Å². The van der Waals surface area contributed by atoms with Crippen molar-refractivity contribution in [3.8, 4) is 18.1 Å². The molecule has 0 unspecified atom stereocenters. The van der Waals surface area contributed by atoms with Gasteiger partial charge in [-0.25, -0.2) is 5.43 Å². The molecular formula is C13H7Cl2F7N2O. The zero-order valence-corrected chi connectivity index (χ0v) is 13.3. The molecule has 0 bridgehead atoms. The number of nitrogens with one attached hydrogen (secondary N) is 1. The number of rotatable bonds is 6. The Labute approximate surface area is 146 Å². The molecule has 0 aromatic heterocycles. The molecule has 0 atom stereocenters. The van der Waals surface area contributed by atoms with Crippen molar-refractivity contribution in [3.63, 3.8) is 0 Å². The van der Waals surface area contributed by atoms with Crippen LogP contribution in [0, 0.1) is 12.3 Å². The van der Waals surface area contributed by atoms with Gasteiger partial charge in [0.1, 0.15) is 6.61 Å². The van der Waals surface area contributed by atoms with E-state index < -0.39 is 18.1 Å². The highest BCUT2D eigenvalue weighted by Crippen LogP contribution is 2.45. The van der Waals surface area contributed by atoms with E-state index in [1.54, 1.807) is 0 Å². The van der Waals surface area contributed by atoms with Crippen LogP contribution in [0.5, 0.6) is 5.75 Å². The normalized spacial score (nSPS) is 13.0. The summed E-state index contributed by atoms with van der Waals surface area (Å²) >= 11 is 11.6. The molecule has 12 heteroatoms. The number of terminal acetylenes is 1. The molecule has 1 aromatic carbocycles. The quantitative estimate of drug-likeness (QED) is 0.242. The van der Waals surface area contributed by atoms with E-state index >= 15 is 0 Å². The Balaban J connectivity index is 2.95. The van der Waals surface area contributed by atoms with Crippen LogP contribution in [-0.2, 0) is 0 Å². The number of hydrogen-bond acceptors (Lipinski definition) is 3. The summed E-state index contributed by atoms with van der Waals surface area (Å²) in [7, 11) is 0. The van der Waals surface area contributed by atoms with Crippen LogP contribution in [0.4, 0.5) is 30.7 Å². The smallest absolute Gasteiger partial charge is 0.462 e. The Morgan fingerprint density at radius 3 is 2.08 bits per heavy atom. The standard InChI is InChI=1S/C13H7Cl2F7N2O/c1-2-3-25-10-8(14)4-7(5-9(10)15)6-23-24-13(21,22)11(16,17)12(18,19)20/h1,4-6,24H,3H2/b23-6+.